The largest absolute Gasteiger partial charge is 0.322 e. The second kappa shape index (κ2) is 8.88. The van der Waals surface area contributed by atoms with Gasteiger partial charge in [0.15, 0.2) is 22.6 Å². The van der Waals surface area contributed by atoms with Gasteiger partial charge in [-0.05, 0) is 48.1 Å². The molecule has 162 valence electrons. The van der Waals surface area contributed by atoms with Crippen LogP contribution in [0.4, 0.5) is 14.5 Å². The van der Waals surface area contributed by atoms with Gasteiger partial charge >= 0.3 is 0 Å². The first-order valence-electron chi connectivity index (χ1n) is 9.64. The van der Waals surface area contributed by atoms with Crippen molar-refractivity contribution in [1.82, 2.24) is 19.7 Å². The third kappa shape index (κ3) is 4.11. The highest BCUT2D eigenvalue weighted by molar-refractivity contribution is 7.98. The number of halogens is 2. The second-order valence-corrected chi connectivity index (χ2v) is 7.88. The fourth-order valence-corrected chi connectivity index (χ4v) is 3.85. The van der Waals surface area contributed by atoms with Crippen LogP contribution >= 0.6 is 11.8 Å². The minimum absolute atomic E-state index is 0.418. The van der Waals surface area contributed by atoms with Crippen molar-refractivity contribution in [2.45, 2.75) is 12.1 Å². The molecule has 0 saturated carbocycles. The molecule has 9 heteroatoms. The van der Waals surface area contributed by atoms with Crippen LogP contribution in [0.2, 0.25) is 0 Å². The number of carbonyl (C=O) groups excluding carboxylic acids is 1. The fraction of sp³-hybridized carbons (Fsp3) is 0.130. The van der Waals surface area contributed by atoms with Gasteiger partial charge in [0.2, 0.25) is 0 Å². The Morgan fingerprint density at radius 3 is 2.28 bits per heavy atom. The highest BCUT2D eigenvalue weighted by Gasteiger charge is 2.18. The third-order valence-corrected chi connectivity index (χ3v) is 5.77. The summed E-state index contributed by atoms with van der Waals surface area (Å²) in [6.07, 6.45) is 3.55. The van der Waals surface area contributed by atoms with Crippen LogP contribution in [0.3, 0.4) is 0 Å². The molecule has 0 atom stereocenters. The van der Waals surface area contributed by atoms with E-state index in [0.717, 1.165) is 45.6 Å². The van der Waals surface area contributed by atoms with Crippen LogP contribution in [0, 0.1) is 18.6 Å². The van der Waals surface area contributed by atoms with E-state index in [4.69, 9.17) is 0 Å². The fourth-order valence-electron chi connectivity index (χ4n) is 3.37. The van der Waals surface area contributed by atoms with Crippen molar-refractivity contribution in [3.8, 4) is 22.5 Å². The lowest BCUT2D eigenvalue weighted by molar-refractivity contribution is 0.101. The first kappa shape index (κ1) is 21.6. The van der Waals surface area contributed by atoms with Gasteiger partial charge < -0.3 is 9.88 Å². The molecule has 32 heavy (non-hydrogen) atoms. The van der Waals surface area contributed by atoms with E-state index < -0.39 is 23.1 Å². The van der Waals surface area contributed by atoms with Gasteiger partial charge in [-0.25, -0.2) is 8.78 Å². The predicted molar refractivity (Wildman–Crippen MR) is 120 cm³/mol. The molecule has 2 heterocycles. The number of nitrogens with zero attached hydrogens (tertiary/aromatic N) is 4. The summed E-state index contributed by atoms with van der Waals surface area (Å²) in [5.41, 5.74) is 3.68. The highest BCUT2D eigenvalue weighted by Crippen LogP contribution is 2.30. The average molecular weight is 452 g/mol. The monoisotopic (exact) mass is 451 g/mol. The van der Waals surface area contributed by atoms with Crippen molar-refractivity contribution in [2.75, 3.05) is 11.6 Å². The van der Waals surface area contributed by atoms with Crippen LogP contribution in [0.1, 0.15) is 15.9 Å². The van der Waals surface area contributed by atoms with Crippen LogP contribution in [-0.4, -0.2) is 31.9 Å². The number of anilines is 1. The molecule has 0 aliphatic heterocycles. The maximum Gasteiger partial charge on any atom is 0.261 e. The van der Waals surface area contributed by atoms with Crippen molar-refractivity contribution < 1.29 is 13.6 Å². The number of benzene rings is 2. The van der Waals surface area contributed by atoms with E-state index in [-0.39, 0.29) is 0 Å². The molecule has 2 aromatic heterocycles. The molecule has 1 amide bonds. The van der Waals surface area contributed by atoms with Gasteiger partial charge in [0.25, 0.3) is 5.91 Å². The highest BCUT2D eigenvalue weighted by atomic mass is 32.2. The number of hydrogen-bond donors (Lipinski definition) is 1. The number of carbonyl (C=O) groups is 1. The van der Waals surface area contributed by atoms with Gasteiger partial charge in [-0.2, -0.15) is 0 Å². The van der Waals surface area contributed by atoms with Crippen LogP contribution in [-0.2, 0) is 7.05 Å². The molecule has 1 N–H and O–H groups in total. The topological polar surface area (TPSA) is 72.7 Å². The van der Waals surface area contributed by atoms with E-state index in [1.54, 1.807) is 12.1 Å². The zero-order valence-electron chi connectivity index (χ0n) is 17.6. The molecule has 0 radical (unpaired) electrons. The number of pyridine rings is 1. The quantitative estimate of drug-likeness (QED) is 0.427. The molecule has 0 fully saturated rings. The van der Waals surface area contributed by atoms with Crippen molar-refractivity contribution in [1.29, 1.82) is 0 Å². The molecule has 6 nitrogen and oxygen atoms in total. The first-order chi connectivity index (χ1) is 15.4. The zero-order chi connectivity index (χ0) is 22.8. The Morgan fingerprint density at radius 2 is 1.66 bits per heavy atom. The lowest BCUT2D eigenvalue weighted by Gasteiger charge is -2.11. The Labute approximate surface area is 187 Å². The summed E-state index contributed by atoms with van der Waals surface area (Å²) >= 11 is 1.53. The Hall–Kier alpha value is -3.59. The van der Waals surface area contributed by atoms with E-state index in [0.29, 0.717) is 5.69 Å². The van der Waals surface area contributed by atoms with Crippen LogP contribution in [0.15, 0.2) is 60.0 Å². The summed E-state index contributed by atoms with van der Waals surface area (Å²) in [6.45, 7) is 2.01. The summed E-state index contributed by atoms with van der Waals surface area (Å²) in [6, 6.07) is 13.1. The zero-order valence-corrected chi connectivity index (χ0v) is 18.4. The Balaban J connectivity index is 1.60. The van der Waals surface area contributed by atoms with Gasteiger partial charge in [-0.3, -0.25) is 9.78 Å². The minimum Gasteiger partial charge on any atom is -0.322 e. The summed E-state index contributed by atoms with van der Waals surface area (Å²) in [7, 11) is 1.92. The Kier molecular flexibility index (Phi) is 6.00. The lowest BCUT2D eigenvalue weighted by Crippen LogP contribution is -2.16. The number of amides is 1. The number of thioether (sulfide) groups is 1. The van der Waals surface area contributed by atoms with E-state index in [1.165, 1.54) is 11.8 Å². The lowest BCUT2D eigenvalue weighted by atomic mass is 9.97. The van der Waals surface area contributed by atoms with E-state index >= 15 is 0 Å². The molecular weight excluding hydrogens is 432 g/mol. The number of aromatic nitrogens is 4. The molecule has 4 rings (SSSR count). The van der Waals surface area contributed by atoms with E-state index in [9.17, 15) is 13.6 Å². The summed E-state index contributed by atoms with van der Waals surface area (Å²) < 4.78 is 29.5. The smallest absolute Gasteiger partial charge is 0.261 e. The number of nitrogens with one attached hydrogen (secondary N) is 1. The molecule has 0 aliphatic rings. The minimum atomic E-state index is -1.01. The Morgan fingerprint density at radius 1 is 1.00 bits per heavy atom. The van der Waals surface area contributed by atoms with Gasteiger partial charge in [0, 0.05) is 18.3 Å². The number of aryl methyl sites for hydroxylation is 1. The number of rotatable bonds is 5. The van der Waals surface area contributed by atoms with Gasteiger partial charge in [-0.1, -0.05) is 36.0 Å². The molecule has 4 aromatic rings. The Bertz CT molecular complexity index is 1280. The molecule has 2 aromatic carbocycles. The summed E-state index contributed by atoms with van der Waals surface area (Å²) in [5, 5.41) is 11.8. The number of hydrogen-bond acceptors (Lipinski definition) is 5. The molecule has 0 unspecified atom stereocenters. The predicted octanol–water partition coefficient (Wildman–Crippen LogP) is 5.10. The standard InChI is InChI=1S/C23H19F2N5OS/c1-13-4-5-15(21-28-29-23(32-3)30(21)2)10-17(13)14-6-8-16(9-7-14)27-22(31)20-18(24)11-26-12-19(20)25/h4-12H,1-3H3,(H,27,31). The first-order valence-corrected chi connectivity index (χ1v) is 10.9. The second-order valence-electron chi connectivity index (χ2n) is 7.11. The summed E-state index contributed by atoms with van der Waals surface area (Å²) in [4.78, 5) is 15.7. The molecule has 0 spiro atoms. The molecule has 0 bridgehead atoms. The van der Waals surface area contributed by atoms with E-state index in [2.05, 4.69) is 20.5 Å². The van der Waals surface area contributed by atoms with Crippen LogP contribution < -0.4 is 5.32 Å². The average Bonchev–Trinajstić information content (AvgIpc) is 3.15. The summed E-state index contributed by atoms with van der Waals surface area (Å²) in [5.74, 6) is -2.14. The van der Waals surface area contributed by atoms with E-state index in [1.807, 2.05) is 55.1 Å². The van der Waals surface area contributed by atoms with Crippen LogP contribution in [0.5, 0.6) is 0 Å². The SMILES string of the molecule is CSc1nnc(-c2ccc(C)c(-c3ccc(NC(=O)c4c(F)cncc4F)cc3)c2)n1C. The van der Waals surface area contributed by atoms with Gasteiger partial charge in [0.1, 0.15) is 5.56 Å². The maximum atomic E-state index is 13.8. The maximum absolute atomic E-state index is 13.8. The van der Waals surface area contributed by atoms with Crippen molar-refractivity contribution in [3.05, 3.63) is 77.6 Å². The molecular formula is C23H19F2N5OS. The molecule has 0 saturated heterocycles. The van der Waals surface area contributed by atoms with Crippen molar-refractivity contribution >= 4 is 23.4 Å². The van der Waals surface area contributed by atoms with Gasteiger partial charge in [0.05, 0.1) is 12.4 Å². The normalized spacial score (nSPS) is 10.9. The third-order valence-electron chi connectivity index (χ3n) is 5.05. The van der Waals surface area contributed by atoms with Crippen molar-refractivity contribution in [3.63, 3.8) is 0 Å². The molecule has 0 aliphatic carbocycles. The van der Waals surface area contributed by atoms with Crippen molar-refractivity contribution in [2.24, 2.45) is 7.05 Å². The van der Waals surface area contributed by atoms with Gasteiger partial charge in [-0.15, -0.1) is 10.2 Å². The van der Waals surface area contributed by atoms with Crippen LogP contribution in [0.25, 0.3) is 22.5 Å².